The number of aromatic nitrogens is 5. The Morgan fingerprint density at radius 2 is 1.90 bits per heavy atom. The summed E-state index contributed by atoms with van der Waals surface area (Å²) in [6, 6.07) is 10.3. The van der Waals surface area contributed by atoms with E-state index in [0.717, 1.165) is 0 Å². The number of hydrogen-bond acceptors (Lipinski definition) is 10. The average molecular weight is 419 g/mol. The average Bonchev–Trinajstić information content (AvgIpc) is 3.54. The van der Waals surface area contributed by atoms with Crippen LogP contribution in [0.25, 0.3) is 22.8 Å². The van der Waals surface area contributed by atoms with Crippen LogP contribution in [0, 0.1) is 0 Å². The first-order valence-electron chi connectivity index (χ1n) is 9.46. The molecule has 1 amide bonds. The lowest BCUT2D eigenvalue weighted by molar-refractivity contribution is -0.144. The fraction of sp³-hybridized carbons (Fsp3) is 0.200. The monoisotopic (exact) mass is 419 g/mol. The van der Waals surface area contributed by atoms with Crippen molar-refractivity contribution in [1.82, 2.24) is 30.2 Å². The summed E-state index contributed by atoms with van der Waals surface area (Å²) in [5.74, 6) is 0.516. The van der Waals surface area contributed by atoms with E-state index >= 15 is 0 Å². The summed E-state index contributed by atoms with van der Waals surface area (Å²) in [4.78, 5) is 27.0. The lowest BCUT2D eigenvalue weighted by Crippen LogP contribution is -2.35. The van der Waals surface area contributed by atoms with Gasteiger partial charge in [0.2, 0.25) is 11.5 Å². The van der Waals surface area contributed by atoms with Gasteiger partial charge in [0.1, 0.15) is 12.0 Å². The second kappa shape index (κ2) is 7.29. The zero-order valence-corrected chi connectivity index (χ0v) is 16.4. The molecule has 5 heterocycles. The van der Waals surface area contributed by atoms with Crippen molar-refractivity contribution in [3.8, 4) is 22.8 Å². The van der Waals surface area contributed by atoms with E-state index in [1.54, 1.807) is 43.6 Å². The van der Waals surface area contributed by atoms with Gasteiger partial charge in [0.15, 0.2) is 11.6 Å². The number of amides is 1. The van der Waals surface area contributed by atoms with Gasteiger partial charge in [-0.1, -0.05) is 16.4 Å². The molecule has 5 rings (SSSR count). The fourth-order valence-electron chi connectivity index (χ4n) is 3.35. The van der Waals surface area contributed by atoms with E-state index < -0.39 is 11.5 Å². The van der Waals surface area contributed by atoms with Crippen molar-refractivity contribution in [3.63, 3.8) is 0 Å². The molecule has 0 saturated carbocycles. The van der Waals surface area contributed by atoms with Gasteiger partial charge in [0.05, 0.1) is 17.1 Å². The van der Waals surface area contributed by atoms with Gasteiger partial charge in [-0.3, -0.25) is 4.79 Å². The number of likely N-dealkylation sites (tertiary alicyclic amines) is 1. The van der Waals surface area contributed by atoms with Gasteiger partial charge >= 0.3 is 0 Å². The van der Waals surface area contributed by atoms with E-state index in [0.29, 0.717) is 41.1 Å². The first-order chi connectivity index (χ1) is 15.0. The Kier molecular flexibility index (Phi) is 4.44. The molecule has 0 aliphatic carbocycles. The normalized spacial score (nSPS) is 18.5. The molecule has 0 spiro atoms. The van der Waals surface area contributed by atoms with Crippen molar-refractivity contribution in [2.45, 2.75) is 12.0 Å². The summed E-state index contributed by atoms with van der Waals surface area (Å²) in [6.45, 7) is 0.442. The molecule has 2 N–H and O–H groups in total. The highest BCUT2D eigenvalue weighted by atomic mass is 16.5. The van der Waals surface area contributed by atoms with E-state index in [2.05, 4.69) is 30.6 Å². The van der Waals surface area contributed by atoms with Crippen LogP contribution in [0.2, 0.25) is 0 Å². The number of anilines is 2. The minimum atomic E-state index is -1.70. The van der Waals surface area contributed by atoms with Gasteiger partial charge in [-0.15, -0.1) is 0 Å². The molecular weight excluding hydrogens is 402 g/mol. The number of rotatable bonds is 5. The number of carbonyl (C=O) groups is 1. The van der Waals surface area contributed by atoms with E-state index in [1.165, 1.54) is 11.2 Å². The molecule has 1 aliphatic heterocycles. The highest BCUT2D eigenvalue weighted by Gasteiger charge is 2.48. The molecule has 0 radical (unpaired) electrons. The lowest BCUT2D eigenvalue weighted by Gasteiger charge is -2.16. The van der Waals surface area contributed by atoms with Crippen LogP contribution in [0.1, 0.15) is 12.2 Å². The first kappa shape index (κ1) is 18.9. The van der Waals surface area contributed by atoms with Crippen LogP contribution >= 0.6 is 0 Å². The van der Waals surface area contributed by atoms with Crippen LogP contribution in [-0.4, -0.2) is 54.8 Å². The van der Waals surface area contributed by atoms with E-state index in [1.807, 2.05) is 6.07 Å². The molecule has 1 atom stereocenters. The largest absolute Gasteiger partial charge is 0.373 e. The zero-order valence-electron chi connectivity index (χ0n) is 16.4. The molecule has 11 nitrogen and oxygen atoms in total. The number of carbonyl (C=O) groups excluding carboxylic acids is 1. The molecule has 1 saturated heterocycles. The van der Waals surface area contributed by atoms with Crippen molar-refractivity contribution in [2.75, 3.05) is 18.9 Å². The molecule has 1 fully saturated rings. The van der Waals surface area contributed by atoms with E-state index in [9.17, 15) is 9.90 Å². The van der Waals surface area contributed by atoms with Crippen molar-refractivity contribution in [1.29, 1.82) is 0 Å². The van der Waals surface area contributed by atoms with Crippen LogP contribution in [0.15, 0.2) is 57.9 Å². The standard InChI is InChI=1S/C20H17N7O4/c1-27-9-7-20(29,18(27)28)16-11-15(25-31-16)13-4-2-3-12(22-13)14-5-8-21-19(23-14)24-17-6-10-30-26-17/h2-6,8,10-11,29H,7,9H2,1H3,(H,21,23,24,26). The number of pyridine rings is 1. The molecule has 11 heteroatoms. The van der Waals surface area contributed by atoms with Gasteiger partial charge < -0.3 is 24.4 Å². The Hall–Kier alpha value is -4.12. The third-order valence-corrected chi connectivity index (χ3v) is 5.03. The number of aliphatic hydroxyl groups is 1. The molecule has 1 unspecified atom stereocenters. The first-order valence-corrected chi connectivity index (χ1v) is 9.46. The number of hydrogen-bond donors (Lipinski definition) is 2. The fourth-order valence-corrected chi connectivity index (χ4v) is 3.35. The highest BCUT2D eigenvalue weighted by Crippen LogP contribution is 2.34. The minimum Gasteiger partial charge on any atom is -0.373 e. The van der Waals surface area contributed by atoms with E-state index in [4.69, 9.17) is 9.05 Å². The predicted molar refractivity (Wildman–Crippen MR) is 107 cm³/mol. The van der Waals surface area contributed by atoms with Crippen LogP contribution in [-0.2, 0) is 10.4 Å². The van der Waals surface area contributed by atoms with Gasteiger partial charge in [0, 0.05) is 38.3 Å². The Morgan fingerprint density at radius 1 is 1.10 bits per heavy atom. The Labute approximate surface area is 175 Å². The van der Waals surface area contributed by atoms with Gasteiger partial charge in [0.25, 0.3) is 5.91 Å². The third kappa shape index (κ3) is 3.40. The Bertz CT molecular complexity index is 1240. The minimum absolute atomic E-state index is 0.102. The van der Waals surface area contributed by atoms with Crippen LogP contribution < -0.4 is 5.32 Å². The molecule has 0 aromatic carbocycles. The highest BCUT2D eigenvalue weighted by molar-refractivity contribution is 5.87. The van der Waals surface area contributed by atoms with Crippen molar-refractivity contribution < 1.29 is 18.9 Å². The molecule has 4 aromatic heterocycles. The van der Waals surface area contributed by atoms with Gasteiger partial charge in [-0.05, 0) is 18.2 Å². The summed E-state index contributed by atoms with van der Waals surface area (Å²) in [5, 5.41) is 21.5. The Morgan fingerprint density at radius 3 is 2.65 bits per heavy atom. The molecule has 1 aliphatic rings. The topological polar surface area (TPSA) is 143 Å². The van der Waals surface area contributed by atoms with Gasteiger partial charge in [-0.2, -0.15) is 0 Å². The summed E-state index contributed by atoms with van der Waals surface area (Å²) in [5.41, 5.74) is 0.384. The van der Waals surface area contributed by atoms with Crippen LogP contribution in [0.3, 0.4) is 0 Å². The number of nitrogens with zero attached hydrogens (tertiary/aromatic N) is 6. The molecular formula is C20H17N7O4. The van der Waals surface area contributed by atoms with Crippen LogP contribution in [0.5, 0.6) is 0 Å². The molecule has 31 heavy (non-hydrogen) atoms. The van der Waals surface area contributed by atoms with E-state index in [-0.39, 0.29) is 12.2 Å². The number of nitrogens with one attached hydrogen (secondary N) is 1. The van der Waals surface area contributed by atoms with Gasteiger partial charge in [-0.25, -0.2) is 15.0 Å². The second-order valence-electron chi connectivity index (χ2n) is 7.10. The number of likely N-dealkylation sites (N-methyl/N-ethyl adjacent to an activating group) is 1. The summed E-state index contributed by atoms with van der Waals surface area (Å²) < 4.78 is 10.1. The Balaban J connectivity index is 1.43. The third-order valence-electron chi connectivity index (χ3n) is 5.03. The smallest absolute Gasteiger partial charge is 0.262 e. The molecule has 4 aromatic rings. The molecule has 0 bridgehead atoms. The lowest BCUT2D eigenvalue weighted by atomic mass is 9.98. The molecule has 156 valence electrons. The predicted octanol–water partition coefficient (Wildman–Crippen LogP) is 1.97. The summed E-state index contributed by atoms with van der Waals surface area (Å²) >= 11 is 0. The second-order valence-corrected chi connectivity index (χ2v) is 7.10. The maximum Gasteiger partial charge on any atom is 0.262 e. The van der Waals surface area contributed by atoms with Crippen molar-refractivity contribution in [3.05, 3.63) is 54.6 Å². The quantitative estimate of drug-likeness (QED) is 0.493. The van der Waals surface area contributed by atoms with Crippen molar-refractivity contribution in [2.24, 2.45) is 0 Å². The maximum absolute atomic E-state index is 12.3. The van der Waals surface area contributed by atoms with Crippen LogP contribution in [0.4, 0.5) is 11.8 Å². The summed E-state index contributed by atoms with van der Waals surface area (Å²) in [6.07, 6.45) is 3.29. The maximum atomic E-state index is 12.3. The zero-order chi connectivity index (χ0) is 21.4. The SMILES string of the molecule is CN1CCC(O)(c2cc(-c3cccc(-c4ccnc(Nc5ccon5)n4)n3)no2)C1=O. The van der Waals surface area contributed by atoms with Crippen molar-refractivity contribution >= 4 is 17.7 Å². The summed E-state index contributed by atoms with van der Waals surface area (Å²) in [7, 11) is 1.63.